The third-order valence-corrected chi connectivity index (χ3v) is 6.10. The summed E-state index contributed by atoms with van der Waals surface area (Å²) >= 11 is 7.48. The molecule has 0 fully saturated rings. The second-order valence-corrected chi connectivity index (χ2v) is 14.3. The predicted octanol–water partition coefficient (Wildman–Crippen LogP) is 4.03. The Balaban J connectivity index is 2.26. The highest BCUT2D eigenvalue weighted by Crippen LogP contribution is 2.35. The molecule has 0 aliphatic rings. The minimum absolute atomic E-state index is 0.264. The van der Waals surface area contributed by atoms with Crippen LogP contribution in [-0.4, -0.2) is 37.3 Å². The van der Waals surface area contributed by atoms with Gasteiger partial charge in [-0.1, -0.05) is 42.1 Å². The zero-order valence-corrected chi connectivity index (χ0v) is 15.0. The van der Waals surface area contributed by atoms with Crippen LogP contribution in [0.15, 0.2) is 30.3 Å². The van der Waals surface area contributed by atoms with Crippen LogP contribution in [0.4, 0.5) is 0 Å². The smallest absolute Gasteiger partial charge is 0.0231 e. The van der Waals surface area contributed by atoms with Crippen LogP contribution in [0.2, 0.25) is 0 Å². The molecule has 1 rings (SSSR count). The van der Waals surface area contributed by atoms with E-state index in [0.717, 1.165) is 25.0 Å². The van der Waals surface area contributed by atoms with E-state index in [1.165, 1.54) is 5.56 Å². The fraction of sp³-hybridized carbons (Fsp3) is 0.600. The molecule has 0 saturated heterocycles. The van der Waals surface area contributed by atoms with Crippen molar-refractivity contribution < 1.29 is 0 Å². The lowest BCUT2D eigenvalue weighted by Gasteiger charge is -2.25. The largest absolute Gasteiger partial charge is 0.315 e. The predicted molar refractivity (Wildman–Crippen MR) is 95.7 cm³/mol. The Morgan fingerprint density at radius 1 is 1.21 bits per heavy atom. The number of thioether (sulfide) groups is 1. The summed E-state index contributed by atoms with van der Waals surface area (Å²) in [5, 5.41) is 3.56. The summed E-state index contributed by atoms with van der Waals surface area (Å²) in [6.45, 7) is 11.2. The molecule has 1 aromatic carbocycles. The van der Waals surface area contributed by atoms with Crippen LogP contribution in [0.3, 0.4) is 0 Å². The maximum Gasteiger partial charge on any atom is 0.0231 e. The van der Waals surface area contributed by atoms with Crippen molar-refractivity contribution >= 4 is 29.6 Å². The van der Waals surface area contributed by atoms with Crippen molar-refractivity contribution in [3.05, 3.63) is 35.9 Å². The number of nitrogens with one attached hydrogen (secondary N) is 1. The van der Waals surface area contributed by atoms with Gasteiger partial charge in [0.1, 0.15) is 0 Å². The summed E-state index contributed by atoms with van der Waals surface area (Å²) in [7, 11) is 0. The third kappa shape index (κ3) is 8.86. The van der Waals surface area contributed by atoms with Crippen LogP contribution in [0.25, 0.3) is 0 Å². The monoisotopic (exact) mass is 315 g/mol. The highest BCUT2D eigenvalue weighted by Gasteiger charge is 2.17. The molecule has 1 nitrogen and oxygen atoms in total. The first-order valence-electron chi connectivity index (χ1n) is 6.71. The molecule has 108 valence electrons. The minimum atomic E-state index is -1.05. The number of hydrogen-bond acceptors (Lipinski definition) is 3. The third-order valence-electron chi connectivity index (χ3n) is 2.85. The molecule has 4 heteroatoms. The maximum atomic E-state index is 5.47. The van der Waals surface area contributed by atoms with Gasteiger partial charge in [0, 0.05) is 17.0 Å². The summed E-state index contributed by atoms with van der Waals surface area (Å²) in [4.78, 5) is 0. The Morgan fingerprint density at radius 3 is 2.42 bits per heavy atom. The van der Waals surface area contributed by atoms with E-state index in [1.807, 2.05) is 11.8 Å². The minimum Gasteiger partial charge on any atom is -0.315 e. The molecule has 19 heavy (non-hydrogen) atoms. The highest BCUT2D eigenvalue weighted by molar-refractivity contribution is 8.14. The second-order valence-electron chi connectivity index (χ2n) is 6.01. The van der Waals surface area contributed by atoms with Crippen LogP contribution in [0, 0.1) is 0 Å². The van der Waals surface area contributed by atoms with Gasteiger partial charge in [0.25, 0.3) is 0 Å². The van der Waals surface area contributed by atoms with E-state index in [-0.39, 0.29) is 4.75 Å². The topological polar surface area (TPSA) is 12.0 Å². The number of rotatable bonds is 8. The summed E-state index contributed by atoms with van der Waals surface area (Å²) in [6, 6.07) is 9.63. The first-order valence-corrected chi connectivity index (χ1v) is 11.6. The van der Waals surface area contributed by atoms with Crippen LogP contribution >= 0.6 is 17.8 Å². The van der Waals surface area contributed by atoms with E-state index >= 15 is 0 Å². The van der Waals surface area contributed by atoms with E-state index in [4.69, 9.17) is 11.8 Å². The second kappa shape index (κ2) is 7.83. The highest BCUT2D eigenvalue weighted by atomic mass is 32.4. The molecule has 1 N–H and O–H groups in total. The zero-order chi connectivity index (χ0) is 14.4. The van der Waals surface area contributed by atoms with Gasteiger partial charge in [0.15, 0.2) is 0 Å². The van der Waals surface area contributed by atoms with Gasteiger partial charge in [0.2, 0.25) is 0 Å². The van der Waals surface area contributed by atoms with Crippen molar-refractivity contribution in [1.29, 1.82) is 0 Å². The Hall–Kier alpha value is 0.180. The van der Waals surface area contributed by atoms with Gasteiger partial charge in [-0.2, -0.15) is 0 Å². The quantitative estimate of drug-likeness (QED) is 0.575. The molecule has 0 saturated carbocycles. The normalized spacial score (nSPS) is 12.6. The molecule has 0 spiro atoms. The van der Waals surface area contributed by atoms with Crippen molar-refractivity contribution in [1.82, 2.24) is 5.32 Å². The van der Waals surface area contributed by atoms with Crippen molar-refractivity contribution in [2.24, 2.45) is 0 Å². The molecule has 0 aromatic heterocycles. The van der Waals surface area contributed by atoms with Crippen molar-refractivity contribution in [3.63, 3.8) is 0 Å². The fourth-order valence-corrected chi connectivity index (χ4v) is 3.57. The molecular formula is C15H26NPS2. The molecule has 0 aliphatic carbocycles. The van der Waals surface area contributed by atoms with Crippen molar-refractivity contribution in [2.45, 2.75) is 24.3 Å². The van der Waals surface area contributed by atoms with Gasteiger partial charge >= 0.3 is 0 Å². The molecule has 0 aliphatic heterocycles. The van der Waals surface area contributed by atoms with Crippen LogP contribution in [0.1, 0.15) is 19.4 Å². The Kier molecular flexibility index (Phi) is 7.10. The summed E-state index contributed by atoms with van der Waals surface area (Å²) in [5.41, 5.74) is 1.40. The van der Waals surface area contributed by atoms with Gasteiger partial charge in [-0.05, 0) is 51.5 Å². The van der Waals surface area contributed by atoms with E-state index in [2.05, 4.69) is 62.8 Å². The molecule has 0 radical (unpaired) electrons. The number of hydrogen-bond donors (Lipinski definition) is 1. The summed E-state index contributed by atoms with van der Waals surface area (Å²) < 4.78 is 0.264. The zero-order valence-electron chi connectivity index (χ0n) is 12.5. The molecule has 0 heterocycles. The van der Waals surface area contributed by atoms with Crippen molar-refractivity contribution in [3.8, 4) is 0 Å². The van der Waals surface area contributed by atoms with Crippen LogP contribution < -0.4 is 5.32 Å². The molecule has 0 amide bonds. The summed E-state index contributed by atoms with van der Waals surface area (Å²) in [6.07, 6.45) is 1.15. The SMILES string of the molecule is CC(C)(CNCCP(C)(C)=S)SCc1ccccc1. The average molecular weight is 315 g/mol. The van der Waals surface area contributed by atoms with Gasteiger partial charge in [0.05, 0.1) is 0 Å². The van der Waals surface area contributed by atoms with Gasteiger partial charge in [-0.25, -0.2) is 0 Å². The summed E-state index contributed by atoms with van der Waals surface area (Å²) in [5.74, 6) is 1.08. The molecule has 0 unspecified atom stereocenters. The lowest BCUT2D eigenvalue weighted by Crippen LogP contribution is -2.33. The standard InChI is InChI=1S/C15H26NPS2/c1-15(2,13-16-10-11-17(3,4)18)19-12-14-8-6-5-7-9-14/h5-9,16H,10-13H2,1-4H3. The fourth-order valence-electron chi connectivity index (χ4n) is 1.64. The molecular weight excluding hydrogens is 289 g/mol. The molecule has 1 aromatic rings. The number of benzene rings is 1. The van der Waals surface area contributed by atoms with Gasteiger partial charge in [-0.3, -0.25) is 0 Å². The average Bonchev–Trinajstić information content (AvgIpc) is 2.33. The molecule has 0 bridgehead atoms. The van der Waals surface area contributed by atoms with Crippen LogP contribution in [-0.2, 0) is 17.6 Å². The molecule has 0 atom stereocenters. The van der Waals surface area contributed by atoms with Crippen LogP contribution in [0.5, 0.6) is 0 Å². The van der Waals surface area contributed by atoms with E-state index in [1.54, 1.807) is 0 Å². The van der Waals surface area contributed by atoms with Gasteiger partial charge in [-0.15, -0.1) is 11.8 Å². The lowest BCUT2D eigenvalue weighted by molar-refractivity contribution is 0.608. The van der Waals surface area contributed by atoms with E-state index in [0.29, 0.717) is 0 Å². The Labute approximate surface area is 128 Å². The first-order chi connectivity index (χ1) is 8.79. The van der Waals surface area contributed by atoms with E-state index in [9.17, 15) is 0 Å². The van der Waals surface area contributed by atoms with Gasteiger partial charge < -0.3 is 5.32 Å². The Morgan fingerprint density at radius 2 is 1.84 bits per heavy atom. The first kappa shape index (κ1) is 17.2. The lowest BCUT2D eigenvalue weighted by atomic mass is 10.2. The van der Waals surface area contributed by atoms with Crippen molar-refractivity contribution in [2.75, 3.05) is 32.6 Å². The van der Waals surface area contributed by atoms with E-state index < -0.39 is 6.04 Å². The Bertz CT molecular complexity index is 411. The maximum absolute atomic E-state index is 5.47.